The van der Waals surface area contributed by atoms with Crippen molar-refractivity contribution in [1.82, 2.24) is 0 Å². The fraction of sp³-hybridized carbons (Fsp3) is 0.850. The third kappa shape index (κ3) is 1.43. The lowest BCUT2D eigenvalue weighted by atomic mass is 9.51. The van der Waals surface area contributed by atoms with Crippen LogP contribution in [-0.4, -0.2) is 86.3 Å². The molecule has 2 aliphatic carbocycles. The molecular formula is C20H24O11. The first-order chi connectivity index (χ1) is 14.3. The van der Waals surface area contributed by atoms with Gasteiger partial charge in [0.1, 0.15) is 12.2 Å². The van der Waals surface area contributed by atoms with Crippen LogP contribution in [0.15, 0.2) is 0 Å². The maximum Gasteiger partial charge on any atom is 0.343 e. The Morgan fingerprint density at radius 3 is 2.19 bits per heavy atom. The van der Waals surface area contributed by atoms with Crippen molar-refractivity contribution in [1.29, 1.82) is 0 Å². The van der Waals surface area contributed by atoms with Crippen LogP contribution in [-0.2, 0) is 33.3 Å². The van der Waals surface area contributed by atoms with Gasteiger partial charge in [0, 0.05) is 5.92 Å². The predicted molar refractivity (Wildman–Crippen MR) is 93.4 cm³/mol. The summed E-state index contributed by atoms with van der Waals surface area (Å²) in [6.45, 7) is 6.63. The molecule has 4 N–H and O–H groups in total. The Bertz CT molecular complexity index is 957. The number of aliphatic hydroxyl groups is 4. The molecule has 0 aromatic heterocycles. The molecule has 0 bridgehead atoms. The SMILES string of the molecule is C[C@@H]1C(=O)O[C@H]2[C@H](O)[C@]34[C@@H]5OC(=O)[C@]3(O[C@@H]3OC(=O)[C@@H](O)[C@]34[C@H](C(C)(C)C)[C@H]5O)[C@@]12O. The van der Waals surface area contributed by atoms with Crippen molar-refractivity contribution in [3.63, 3.8) is 0 Å². The van der Waals surface area contributed by atoms with Crippen LogP contribution in [0.4, 0.5) is 0 Å². The van der Waals surface area contributed by atoms with Crippen molar-refractivity contribution in [3.8, 4) is 0 Å². The predicted octanol–water partition coefficient (Wildman–Crippen LogP) is -2.40. The second kappa shape index (κ2) is 4.91. The van der Waals surface area contributed by atoms with E-state index in [4.69, 9.17) is 18.9 Å². The summed E-state index contributed by atoms with van der Waals surface area (Å²) >= 11 is 0. The molecule has 4 heterocycles. The molecular weight excluding hydrogens is 416 g/mol. The van der Waals surface area contributed by atoms with E-state index in [0.29, 0.717) is 0 Å². The molecule has 31 heavy (non-hydrogen) atoms. The highest BCUT2D eigenvalue weighted by atomic mass is 16.8. The zero-order chi connectivity index (χ0) is 22.7. The summed E-state index contributed by atoms with van der Waals surface area (Å²) < 4.78 is 22.2. The molecule has 6 fully saturated rings. The lowest BCUT2D eigenvalue weighted by molar-refractivity contribution is -0.240. The number of carbonyl (C=O) groups excluding carboxylic acids is 3. The van der Waals surface area contributed by atoms with Crippen LogP contribution in [0, 0.1) is 28.1 Å². The Morgan fingerprint density at radius 1 is 0.935 bits per heavy atom. The van der Waals surface area contributed by atoms with E-state index >= 15 is 0 Å². The topological polar surface area (TPSA) is 169 Å². The van der Waals surface area contributed by atoms with Gasteiger partial charge in [0.15, 0.2) is 17.8 Å². The van der Waals surface area contributed by atoms with Gasteiger partial charge in [-0.15, -0.1) is 0 Å². The van der Waals surface area contributed by atoms with E-state index in [0.717, 1.165) is 0 Å². The highest BCUT2D eigenvalue weighted by Crippen LogP contribution is 2.84. The number of rotatable bonds is 0. The van der Waals surface area contributed by atoms with Gasteiger partial charge in [0.05, 0.1) is 22.9 Å². The number of aliphatic hydroxyl groups excluding tert-OH is 3. The number of esters is 3. The van der Waals surface area contributed by atoms with Crippen LogP contribution in [0.25, 0.3) is 0 Å². The molecule has 2 saturated carbocycles. The third-order valence-corrected chi connectivity index (χ3v) is 8.95. The van der Waals surface area contributed by atoms with E-state index in [2.05, 4.69) is 0 Å². The molecule has 11 heteroatoms. The number of ether oxygens (including phenoxy) is 4. The highest BCUT2D eigenvalue weighted by Gasteiger charge is 3.05. The first-order valence-corrected chi connectivity index (χ1v) is 10.3. The lowest BCUT2D eigenvalue weighted by Gasteiger charge is -2.47. The maximum atomic E-state index is 13.4. The summed E-state index contributed by atoms with van der Waals surface area (Å²) in [6.07, 6.45) is -9.69. The molecule has 4 aliphatic heterocycles. The summed E-state index contributed by atoms with van der Waals surface area (Å²) in [6, 6.07) is 0. The highest BCUT2D eigenvalue weighted by molar-refractivity contribution is 5.94. The van der Waals surface area contributed by atoms with Gasteiger partial charge in [-0.05, 0) is 12.3 Å². The molecule has 6 rings (SSSR count). The summed E-state index contributed by atoms with van der Waals surface area (Å²) in [4.78, 5) is 38.3. The molecule has 12 atom stereocenters. The number of hydrogen-bond donors (Lipinski definition) is 4. The zero-order valence-corrected chi connectivity index (χ0v) is 17.3. The zero-order valence-electron chi connectivity index (χ0n) is 17.3. The molecule has 0 aromatic carbocycles. The van der Waals surface area contributed by atoms with Crippen LogP contribution < -0.4 is 0 Å². The van der Waals surface area contributed by atoms with Crippen molar-refractivity contribution >= 4 is 17.9 Å². The van der Waals surface area contributed by atoms with Gasteiger partial charge in [0.2, 0.25) is 11.9 Å². The van der Waals surface area contributed by atoms with Crippen LogP contribution >= 0.6 is 0 Å². The first-order valence-electron chi connectivity index (χ1n) is 10.3. The van der Waals surface area contributed by atoms with Crippen molar-refractivity contribution in [2.24, 2.45) is 28.1 Å². The second-order valence-corrected chi connectivity index (χ2v) is 10.8. The monoisotopic (exact) mass is 440 g/mol. The van der Waals surface area contributed by atoms with E-state index in [1.807, 2.05) is 0 Å². The van der Waals surface area contributed by atoms with Gasteiger partial charge in [0.25, 0.3) is 0 Å². The van der Waals surface area contributed by atoms with Crippen molar-refractivity contribution < 1.29 is 53.8 Å². The first kappa shape index (κ1) is 19.9. The van der Waals surface area contributed by atoms with Crippen molar-refractivity contribution in [3.05, 3.63) is 0 Å². The van der Waals surface area contributed by atoms with Crippen molar-refractivity contribution in [2.75, 3.05) is 0 Å². The van der Waals surface area contributed by atoms with Crippen LogP contribution in [0.1, 0.15) is 27.7 Å². The molecule has 4 saturated heterocycles. The number of fused-ring (bicyclic) bond motifs is 1. The Morgan fingerprint density at radius 2 is 1.58 bits per heavy atom. The molecule has 0 amide bonds. The largest absolute Gasteiger partial charge is 0.456 e. The smallest absolute Gasteiger partial charge is 0.343 e. The van der Waals surface area contributed by atoms with E-state index in [-0.39, 0.29) is 0 Å². The average Bonchev–Trinajstić information content (AvgIpc) is 3.35. The molecule has 0 aromatic rings. The molecule has 11 nitrogen and oxygen atoms in total. The third-order valence-electron chi connectivity index (χ3n) is 8.95. The molecule has 170 valence electrons. The van der Waals surface area contributed by atoms with E-state index < -0.39 is 94.0 Å². The van der Waals surface area contributed by atoms with Gasteiger partial charge in [-0.1, -0.05) is 20.8 Å². The summed E-state index contributed by atoms with van der Waals surface area (Å²) in [5, 5.41) is 46.1. The minimum atomic E-state index is -2.40. The van der Waals surface area contributed by atoms with Gasteiger partial charge in [-0.2, -0.15) is 0 Å². The average molecular weight is 440 g/mol. The molecule has 6 aliphatic rings. The van der Waals surface area contributed by atoms with Gasteiger partial charge in [-0.3, -0.25) is 4.79 Å². The van der Waals surface area contributed by atoms with E-state index in [9.17, 15) is 34.8 Å². The standard InChI is InChI=1S/C20H24O11/c1-5-12(24)28-11-8(22)18-10-6(21)7(16(2,3)4)17(18)9(23)13(25)30-15(17)31-20(18,14(26)29-10)19(5,11)27/h5-11,15,21-23,27H,1-4H3/t5-,6-,7+,8+,9-,10-,11+,15+,17-,18-,19-,20-/m1/s1. The normalized spacial score (nSPS) is 61.0. The second-order valence-electron chi connectivity index (χ2n) is 10.8. The van der Waals surface area contributed by atoms with Crippen LogP contribution in [0.3, 0.4) is 0 Å². The van der Waals surface area contributed by atoms with Gasteiger partial charge in [-0.25, -0.2) is 9.59 Å². The fourth-order valence-electron chi connectivity index (χ4n) is 8.27. The summed E-state index contributed by atoms with van der Waals surface area (Å²) in [5.74, 6) is -5.22. The minimum Gasteiger partial charge on any atom is -0.456 e. The molecule has 2 spiro atoms. The Balaban J connectivity index is 1.75. The van der Waals surface area contributed by atoms with Gasteiger partial charge < -0.3 is 39.4 Å². The Kier molecular flexibility index (Phi) is 3.15. The lowest BCUT2D eigenvalue weighted by Crippen LogP contribution is -2.67. The summed E-state index contributed by atoms with van der Waals surface area (Å²) in [5.41, 5.74) is -9.40. The quantitative estimate of drug-likeness (QED) is 0.234. The minimum absolute atomic E-state index is 0.792. The number of hydrogen-bond acceptors (Lipinski definition) is 11. The van der Waals surface area contributed by atoms with Crippen molar-refractivity contribution in [2.45, 2.75) is 75.7 Å². The van der Waals surface area contributed by atoms with Gasteiger partial charge >= 0.3 is 17.9 Å². The molecule has 0 radical (unpaired) electrons. The Hall–Kier alpha value is -1.79. The summed E-state index contributed by atoms with van der Waals surface area (Å²) in [7, 11) is 0. The van der Waals surface area contributed by atoms with Crippen LogP contribution in [0.5, 0.6) is 0 Å². The number of carbonyl (C=O) groups is 3. The molecule has 0 unspecified atom stereocenters. The van der Waals surface area contributed by atoms with E-state index in [1.165, 1.54) is 6.92 Å². The Labute approximate surface area is 176 Å². The maximum absolute atomic E-state index is 13.4. The van der Waals surface area contributed by atoms with Crippen LogP contribution in [0.2, 0.25) is 0 Å². The fourth-order valence-corrected chi connectivity index (χ4v) is 8.27. The van der Waals surface area contributed by atoms with E-state index in [1.54, 1.807) is 20.8 Å².